The van der Waals surface area contributed by atoms with E-state index in [0.717, 1.165) is 0 Å². The Labute approximate surface area is 305 Å². The molecule has 25 nitrogen and oxygen atoms in total. The molecule has 5 heterocycles. The van der Waals surface area contributed by atoms with Crippen LogP contribution >= 0.6 is 0 Å². The van der Waals surface area contributed by atoms with Crippen molar-refractivity contribution in [3.8, 4) is 0 Å². The molecule has 0 saturated carbocycles. The first-order valence-corrected chi connectivity index (χ1v) is 17.0. The van der Waals surface area contributed by atoms with Gasteiger partial charge in [0.15, 0.2) is 31.5 Å². The molecular weight excluding hydrogens is 748 g/mol. The summed E-state index contributed by atoms with van der Waals surface area (Å²) in [6, 6.07) is 0. The normalized spacial score (nSPS) is 53.1. The minimum Gasteiger partial charge on any atom is -0.394 e. The first kappa shape index (κ1) is 44.1. The molecule has 5 rings (SSSR count). The molecule has 5 saturated heterocycles. The highest BCUT2D eigenvalue weighted by Crippen LogP contribution is 2.35. The summed E-state index contributed by atoms with van der Waals surface area (Å²) in [6.07, 6.45) is -43.0. The number of ether oxygens (including phenoxy) is 9. The van der Waals surface area contributed by atoms with Crippen LogP contribution in [0.5, 0.6) is 0 Å². The lowest BCUT2D eigenvalue weighted by molar-refractivity contribution is -0.387. The Morgan fingerprint density at radius 1 is 0.315 bits per heavy atom. The molecule has 5 aliphatic heterocycles. The van der Waals surface area contributed by atoms with E-state index in [1.54, 1.807) is 0 Å². The van der Waals surface area contributed by atoms with Crippen molar-refractivity contribution in [2.45, 2.75) is 147 Å². The predicted molar refractivity (Wildman–Crippen MR) is 161 cm³/mol. The van der Waals surface area contributed by atoms with Crippen LogP contribution in [0.25, 0.3) is 0 Å². The molecule has 0 aliphatic carbocycles. The SMILES string of the molecule is OC[C@H]1OC(OC[C@@H]2OC(O[C@H]3C(O[C@H]4[C@H](O)[C@@H](CO)OC(O[C@H]5[C@H](O)[C@@H](O)C(O)O[C@@H]5CO)[C@@H]4O)O[C@H](CO)[C@@H](O)[C@@H]3O)[C@H](O)[C@H]2O)[C@H](O)[C@@H](O)[C@@H]1O. The van der Waals surface area contributed by atoms with Gasteiger partial charge in [-0.1, -0.05) is 0 Å². The summed E-state index contributed by atoms with van der Waals surface area (Å²) < 4.78 is 49.3. The highest BCUT2D eigenvalue weighted by atomic mass is 16.8. The van der Waals surface area contributed by atoms with Crippen molar-refractivity contribution >= 4 is 0 Å². The highest BCUT2D eigenvalue weighted by Gasteiger charge is 2.56. The Kier molecular flexibility index (Phi) is 15.3. The Morgan fingerprint density at radius 3 is 1.35 bits per heavy atom. The third-order valence-corrected chi connectivity index (χ3v) is 9.95. The van der Waals surface area contributed by atoms with Gasteiger partial charge in [0, 0.05) is 0 Å². The Morgan fingerprint density at radius 2 is 0.741 bits per heavy atom. The minimum atomic E-state index is -2.08. The summed E-state index contributed by atoms with van der Waals surface area (Å²) in [6.45, 7) is -4.11. The molecule has 0 aromatic heterocycles. The topological polar surface area (TPSA) is 407 Å². The largest absolute Gasteiger partial charge is 0.394 e. The van der Waals surface area contributed by atoms with E-state index in [1.165, 1.54) is 0 Å². The number of hydrogen-bond donors (Lipinski definition) is 16. The van der Waals surface area contributed by atoms with Crippen LogP contribution in [0.4, 0.5) is 0 Å². The van der Waals surface area contributed by atoms with E-state index in [0.29, 0.717) is 0 Å². The summed E-state index contributed by atoms with van der Waals surface area (Å²) in [5, 5.41) is 165. The lowest BCUT2D eigenvalue weighted by Gasteiger charge is -2.48. The Hall–Kier alpha value is -1.00. The first-order chi connectivity index (χ1) is 25.6. The summed E-state index contributed by atoms with van der Waals surface area (Å²) in [7, 11) is 0. The van der Waals surface area contributed by atoms with Crippen LogP contribution in [0.15, 0.2) is 0 Å². The molecular formula is C29H50O25. The molecule has 316 valence electrons. The van der Waals surface area contributed by atoms with Crippen molar-refractivity contribution in [1.29, 1.82) is 0 Å². The van der Waals surface area contributed by atoms with Gasteiger partial charge in [0.2, 0.25) is 0 Å². The molecule has 0 aromatic carbocycles. The maximum atomic E-state index is 11.3. The van der Waals surface area contributed by atoms with Crippen molar-refractivity contribution < 1.29 is 124 Å². The second kappa shape index (κ2) is 18.7. The Bertz CT molecular complexity index is 1160. The lowest BCUT2D eigenvalue weighted by atomic mass is 9.96. The van der Waals surface area contributed by atoms with Crippen molar-refractivity contribution in [3.63, 3.8) is 0 Å². The molecule has 0 bridgehead atoms. The van der Waals surface area contributed by atoms with Gasteiger partial charge in [-0.2, -0.15) is 0 Å². The average Bonchev–Trinajstić information content (AvgIpc) is 3.43. The Balaban J connectivity index is 1.30. The predicted octanol–water partition coefficient (Wildman–Crippen LogP) is -11.3. The van der Waals surface area contributed by atoms with Crippen molar-refractivity contribution in [2.75, 3.05) is 33.0 Å². The van der Waals surface area contributed by atoms with E-state index in [9.17, 15) is 81.7 Å². The molecule has 16 N–H and O–H groups in total. The van der Waals surface area contributed by atoms with E-state index < -0.39 is 180 Å². The smallest absolute Gasteiger partial charge is 0.187 e. The summed E-state index contributed by atoms with van der Waals surface area (Å²) in [5.41, 5.74) is 0. The third-order valence-electron chi connectivity index (χ3n) is 9.95. The molecule has 5 fully saturated rings. The zero-order valence-electron chi connectivity index (χ0n) is 28.2. The number of aliphatic hydroxyl groups is 16. The van der Waals surface area contributed by atoms with Gasteiger partial charge in [0.25, 0.3) is 0 Å². The molecule has 0 radical (unpaired) electrons. The van der Waals surface area contributed by atoms with Gasteiger partial charge < -0.3 is 124 Å². The molecule has 25 heteroatoms. The van der Waals surface area contributed by atoms with E-state index in [1.807, 2.05) is 0 Å². The molecule has 24 atom stereocenters. The number of rotatable bonds is 13. The third kappa shape index (κ3) is 8.85. The maximum absolute atomic E-state index is 11.3. The lowest BCUT2D eigenvalue weighted by Crippen LogP contribution is -2.67. The molecule has 0 spiro atoms. The highest BCUT2D eigenvalue weighted by molar-refractivity contribution is 4.98. The van der Waals surface area contributed by atoms with E-state index in [-0.39, 0.29) is 0 Å². The van der Waals surface area contributed by atoms with Crippen molar-refractivity contribution in [3.05, 3.63) is 0 Å². The summed E-state index contributed by atoms with van der Waals surface area (Å²) in [4.78, 5) is 0. The fourth-order valence-electron chi connectivity index (χ4n) is 6.70. The molecule has 5 aliphatic rings. The first-order valence-electron chi connectivity index (χ1n) is 17.0. The number of aliphatic hydroxyl groups excluding tert-OH is 16. The molecule has 0 aromatic rings. The standard InChI is InChI=1S/C29H50O25/c30-1-6-11(34)15(38)20(43)26(48-6)46-5-10-13(36)19(42)27(51-10)54-24-16(39)12(35)7(2-31)50-29(24)53-23-14(37)8(3-32)49-28(21(23)44)52-22-9(4-33)47-25(45)18(41)17(22)40/h6-45H,1-5H2/t6-,7-,8-,9-,10+,11-,12-,13+,14-,15+,16+,17-,18-,19-,20-,21-,22-,23+,24-,25?,26?,27?,28?,29?/m1/s1. The summed E-state index contributed by atoms with van der Waals surface area (Å²) >= 11 is 0. The minimum absolute atomic E-state index is 0.655. The van der Waals surface area contributed by atoms with Gasteiger partial charge in [0.05, 0.1) is 33.0 Å². The van der Waals surface area contributed by atoms with Crippen LogP contribution in [0.2, 0.25) is 0 Å². The van der Waals surface area contributed by atoms with Crippen LogP contribution in [0, 0.1) is 0 Å². The fraction of sp³-hybridized carbons (Fsp3) is 1.00. The zero-order chi connectivity index (χ0) is 39.8. The van der Waals surface area contributed by atoms with Crippen LogP contribution in [0.1, 0.15) is 0 Å². The van der Waals surface area contributed by atoms with Crippen LogP contribution in [-0.4, -0.2) is 262 Å². The molecule has 54 heavy (non-hydrogen) atoms. The zero-order valence-corrected chi connectivity index (χ0v) is 28.2. The fourth-order valence-corrected chi connectivity index (χ4v) is 6.70. The van der Waals surface area contributed by atoms with E-state index in [4.69, 9.17) is 42.6 Å². The monoisotopic (exact) mass is 798 g/mol. The van der Waals surface area contributed by atoms with Crippen LogP contribution in [-0.2, 0) is 42.6 Å². The molecule has 0 amide bonds. The van der Waals surface area contributed by atoms with Gasteiger partial charge in [0.1, 0.15) is 116 Å². The van der Waals surface area contributed by atoms with Crippen molar-refractivity contribution in [2.24, 2.45) is 0 Å². The second-order valence-electron chi connectivity index (χ2n) is 13.5. The summed E-state index contributed by atoms with van der Waals surface area (Å²) in [5.74, 6) is 0. The van der Waals surface area contributed by atoms with Gasteiger partial charge >= 0.3 is 0 Å². The van der Waals surface area contributed by atoms with Gasteiger partial charge in [-0.05, 0) is 0 Å². The van der Waals surface area contributed by atoms with E-state index in [2.05, 4.69) is 0 Å². The van der Waals surface area contributed by atoms with Gasteiger partial charge in [-0.3, -0.25) is 0 Å². The van der Waals surface area contributed by atoms with Gasteiger partial charge in [-0.25, -0.2) is 0 Å². The van der Waals surface area contributed by atoms with Crippen LogP contribution < -0.4 is 0 Å². The van der Waals surface area contributed by atoms with Crippen LogP contribution in [0.3, 0.4) is 0 Å². The quantitative estimate of drug-likeness (QED) is 0.0822. The van der Waals surface area contributed by atoms with Crippen molar-refractivity contribution in [1.82, 2.24) is 0 Å². The second-order valence-corrected chi connectivity index (χ2v) is 13.5. The van der Waals surface area contributed by atoms with E-state index >= 15 is 0 Å². The maximum Gasteiger partial charge on any atom is 0.187 e. The average molecular weight is 799 g/mol. The molecule has 5 unspecified atom stereocenters. The van der Waals surface area contributed by atoms with Gasteiger partial charge in [-0.15, -0.1) is 0 Å². The number of hydrogen-bond acceptors (Lipinski definition) is 25.